The lowest BCUT2D eigenvalue weighted by Gasteiger charge is -2.14. The smallest absolute Gasteiger partial charge is 0.319 e. The van der Waals surface area contributed by atoms with Crippen LogP contribution in [0.2, 0.25) is 0 Å². The van der Waals surface area contributed by atoms with E-state index in [2.05, 4.69) is 47.9 Å². The quantitative estimate of drug-likeness (QED) is 0.833. The monoisotopic (exact) mass is 308 g/mol. The SMILES string of the molecule is CCc1ccc(C(C)NC(=O)N/C=C/c2cccc(C)c2)cc1. The predicted molar refractivity (Wildman–Crippen MR) is 96.1 cm³/mol. The fourth-order valence-electron chi connectivity index (χ4n) is 2.35. The highest BCUT2D eigenvalue weighted by Crippen LogP contribution is 2.13. The van der Waals surface area contributed by atoms with E-state index in [1.54, 1.807) is 6.20 Å². The lowest BCUT2D eigenvalue weighted by atomic mass is 10.1. The molecule has 120 valence electrons. The van der Waals surface area contributed by atoms with Crippen molar-refractivity contribution in [2.24, 2.45) is 0 Å². The van der Waals surface area contributed by atoms with Crippen molar-refractivity contribution in [2.45, 2.75) is 33.2 Å². The number of carbonyl (C=O) groups excluding carboxylic acids is 1. The number of urea groups is 1. The molecule has 0 aliphatic carbocycles. The Morgan fingerprint density at radius 3 is 2.57 bits per heavy atom. The van der Waals surface area contributed by atoms with Gasteiger partial charge < -0.3 is 10.6 Å². The van der Waals surface area contributed by atoms with Crippen LogP contribution >= 0.6 is 0 Å². The summed E-state index contributed by atoms with van der Waals surface area (Å²) >= 11 is 0. The minimum Gasteiger partial charge on any atom is -0.331 e. The molecular weight excluding hydrogens is 284 g/mol. The van der Waals surface area contributed by atoms with Gasteiger partial charge >= 0.3 is 6.03 Å². The van der Waals surface area contributed by atoms with Crippen molar-refractivity contribution in [3.8, 4) is 0 Å². The molecule has 1 atom stereocenters. The van der Waals surface area contributed by atoms with Crippen molar-refractivity contribution in [1.82, 2.24) is 10.6 Å². The molecular formula is C20H24N2O. The summed E-state index contributed by atoms with van der Waals surface area (Å²) in [5.74, 6) is 0. The van der Waals surface area contributed by atoms with Gasteiger partial charge in [-0.25, -0.2) is 4.79 Å². The van der Waals surface area contributed by atoms with Crippen LogP contribution in [-0.4, -0.2) is 6.03 Å². The highest BCUT2D eigenvalue weighted by atomic mass is 16.2. The number of hydrogen-bond donors (Lipinski definition) is 2. The molecule has 0 spiro atoms. The Morgan fingerprint density at radius 1 is 1.17 bits per heavy atom. The molecule has 0 bridgehead atoms. The molecule has 23 heavy (non-hydrogen) atoms. The number of rotatable bonds is 5. The first-order valence-corrected chi connectivity index (χ1v) is 7.97. The van der Waals surface area contributed by atoms with Crippen molar-refractivity contribution >= 4 is 12.1 Å². The van der Waals surface area contributed by atoms with Crippen LogP contribution in [-0.2, 0) is 6.42 Å². The first kappa shape index (κ1) is 16.8. The van der Waals surface area contributed by atoms with Gasteiger partial charge in [0, 0.05) is 6.20 Å². The maximum atomic E-state index is 11.9. The topological polar surface area (TPSA) is 41.1 Å². The van der Waals surface area contributed by atoms with Crippen molar-refractivity contribution in [1.29, 1.82) is 0 Å². The molecule has 2 rings (SSSR count). The van der Waals surface area contributed by atoms with Gasteiger partial charge in [0.05, 0.1) is 6.04 Å². The largest absolute Gasteiger partial charge is 0.331 e. The highest BCUT2D eigenvalue weighted by Gasteiger charge is 2.07. The zero-order chi connectivity index (χ0) is 16.7. The van der Waals surface area contributed by atoms with Gasteiger partial charge in [0.15, 0.2) is 0 Å². The van der Waals surface area contributed by atoms with E-state index in [1.165, 1.54) is 11.1 Å². The summed E-state index contributed by atoms with van der Waals surface area (Å²) in [5, 5.41) is 5.67. The molecule has 1 unspecified atom stereocenters. The highest BCUT2D eigenvalue weighted by molar-refractivity contribution is 5.76. The molecule has 0 aliphatic heterocycles. The summed E-state index contributed by atoms with van der Waals surface area (Å²) in [4.78, 5) is 11.9. The Hall–Kier alpha value is -2.55. The molecule has 0 heterocycles. The van der Waals surface area contributed by atoms with Gasteiger partial charge in [-0.3, -0.25) is 0 Å². The van der Waals surface area contributed by atoms with Crippen molar-refractivity contribution in [3.63, 3.8) is 0 Å². The second-order valence-electron chi connectivity index (χ2n) is 5.68. The number of amides is 2. The first-order valence-electron chi connectivity index (χ1n) is 7.97. The number of aryl methyl sites for hydroxylation is 2. The lowest BCUT2D eigenvalue weighted by Crippen LogP contribution is -2.34. The molecule has 3 heteroatoms. The molecule has 0 radical (unpaired) electrons. The second-order valence-corrected chi connectivity index (χ2v) is 5.68. The van der Waals surface area contributed by atoms with Crippen molar-refractivity contribution in [3.05, 3.63) is 77.0 Å². The van der Waals surface area contributed by atoms with Gasteiger partial charge in [-0.05, 0) is 43.0 Å². The minimum absolute atomic E-state index is 0.0340. The zero-order valence-corrected chi connectivity index (χ0v) is 14.0. The van der Waals surface area contributed by atoms with Crippen LogP contribution in [0.1, 0.15) is 42.1 Å². The van der Waals surface area contributed by atoms with E-state index in [-0.39, 0.29) is 12.1 Å². The number of hydrogen-bond acceptors (Lipinski definition) is 1. The van der Waals surface area contributed by atoms with Crippen LogP contribution in [0, 0.1) is 6.92 Å². The summed E-state index contributed by atoms with van der Waals surface area (Å²) in [6.45, 7) is 6.15. The average molecular weight is 308 g/mol. The second kappa shape index (κ2) is 8.18. The van der Waals surface area contributed by atoms with Gasteiger partial charge in [-0.15, -0.1) is 0 Å². The molecule has 2 amide bonds. The van der Waals surface area contributed by atoms with Gasteiger partial charge in [0.25, 0.3) is 0 Å². The van der Waals surface area contributed by atoms with Gasteiger partial charge in [0.2, 0.25) is 0 Å². The Balaban J connectivity index is 1.86. The third-order valence-corrected chi connectivity index (χ3v) is 3.77. The summed E-state index contributed by atoms with van der Waals surface area (Å²) in [6.07, 6.45) is 4.57. The van der Waals surface area contributed by atoms with Crippen LogP contribution < -0.4 is 10.6 Å². The van der Waals surface area contributed by atoms with E-state index < -0.39 is 0 Å². The zero-order valence-electron chi connectivity index (χ0n) is 14.0. The third-order valence-electron chi connectivity index (χ3n) is 3.77. The van der Waals surface area contributed by atoms with Gasteiger partial charge in [0.1, 0.15) is 0 Å². The molecule has 2 N–H and O–H groups in total. The van der Waals surface area contributed by atoms with E-state index >= 15 is 0 Å². The standard InChI is InChI=1S/C20H24N2O/c1-4-17-8-10-19(11-9-17)16(3)22-20(23)21-13-12-18-7-5-6-15(2)14-18/h5-14,16H,4H2,1-3H3,(H2,21,22,23)/b13-12+. The summed E-state index contributed by atoms with van der Waals surface area (Å²) < 4.78 is 0. The molecule has 0 aromatic heterocycles. The lowest BCUT2D eigenvalue weighted by molar-refractivity contribution is 0.241. The van der Waals surface area contributed by atoms with E-state index in [0.29, 0.717) is 0 Å². The Bertz CT molecular complexity index is 674. The average Bonchev–Trinajstić information content (AvgIpc) is 2.55. The Morgan fingerprint density at radius 2 is 1.91 bits per heavy atom. The van der Waals surface area contributed by atoms with Crippen molar-refractivity contribution in [2.75, 3.05) is 0 Å². The molecule has 0 saturated carbocycles. The maximum Gasteiger partial charge on any atom is 0.319 e. The van der Waals surface area contributed by atoms with E-state index in [0.717, 1.165) is 17.5 Å². The molecule has 0 aliphatic rings. The summed E-state index contributed by atoms with van der Waals surface area (Å²) in [7, 11) is 0. The summed E-state index contributed by atoms with van der Waals surface area (Å²) in [5.41, 5.74) is 4.65. The van der Waals surface area contributed by atoms with Gasteiger partial charge in [-0.2, -0.15) is 0 Å². The van der Waals surface area contributed by atoms with Crippen LogP contribution in [0.5, 0.6) is 0 Å². The van der Waals surface area contributed by atoms with Crippen LogP contribution in [0.3, 0.4) is 0 Å². The first-order chi connectivity index (χ1) is 11.1. The van der Waals surface area contributed by atoms with Crippen molar-refractivity contribution < 1.29 is 4.79 Å². The third kappa shape index (κ3) is 5.29. The van der Waals surface area contributed by atoms with E-state index in [1.807, 2.05) is 38.1 Å². The predicted octanol–water partition coefficient (Wildman–Crippen LogP) is 4.59. The van der Waals surface area contributed by atoms with Gasteiger partial charge in [-0.1, -0.05) is 61.0 Å². The number of carbonyl (C=O) groups is 1. The molecule has 2 aromatic rings. The van der Waals surface area contributed by atoms with Crippen LogP contribution in [0.25, 0.3) is 6.08 Å². The normalized spacial score (nSPS) is 12.1. The van der Waals surface area contributed by atoms with E-state index in [4.69, 9.17) is 0 Å². The Labute approximate surface area is 138 Å². The van der Waals surface area contributed by atoms with Crippen LogP contribution in [0.15, 0.2) is 54.7 Å². The molecule has 2 aromatic carbocycles. The molecule has 0 saturated heterocycles. The fourth-order valence-corrected chi connectivity index (χ4v) is 2.35. The molecule has 0 fully saturated rings. The molecule has 3 nitrogen and oxygen atoms in total. The maximum absolute atomic E-state index is 11.9. The number of benzene rings is 2. The fraction of sp³-hybridized carbons (Fsp3) is 0.250. The number of nitrogens with one attached hydrogen (secondary N) is 2. The summed E-state index contributed by atoms with van der Waals surface area (Å²) in [6, 6.07) is 16.2. The minimum atomic E-state index is -0.207. The van der Waals surface area contributed by atoms with E-state index in [9.17, 15) is 4.79 Å². The Kier molecular flexibility index (Phi) is 5.98. The van der Waals surface area contributed by atoms with Crippen LogP contribution in [0.4, 0.5) is 4.79 Å².